The van der Waals surface area contributed by atoms with Gasteiger partial charge in [0.1, 0.15) is 6.04 Å². The third-order valence-corrected chi connectivity index (χ3v) is 2.24. The van der Waals surface area contributed by atoms with Crippen LogP contribution in [0.3, 0.4) is 0 Å². The summed E-state index contributed by atoms with van der Waals surface area (Å²) in [4.78, 5) is 10.5. The molecule has 0 spiro atoms. The summed E-state index contributed by atoms with van der Waals surface area (Å²) in [5, 5.41) is 8.00. The van der Waals surface area contributed by atoms with E-state index in [4.69, 9.17) is 22.4 Å². The minimum atomic E-state index is -4.57. The second-order valence-electron chi connectivity index (χ2n) is 3.05. The van der Waals surface area contributed by atoms with Gasteiger partial charge in [-0.1, -0.05) is 17.7 Å². The molecule has 16 heavy (non-hydrogen) atoms. The van der Waals surface area contributed by atoms with Crippen molar-refractivity contribution in [3.8, 4) is 0 Å². The molecule has 1 unspecified atom stereocenters. The summed E-state index contributed by atoms with van der Waals surface area (Å²) in [6, 6.07) is 1.22. The summed E-state index contributed by atoms with van der Waals surface area (Å²) in [6.45, 7) is 0. The molecule has 0 bridgehead atoms. The number of aliphatic carboxylic acids is 1. The second-order valence-corrected chi connectivity index (χ2v) is 3.46. The van der Waals surface area contributed by atoms with Gasteiger partial charge in [0.15, 0.2) is 0 Å². The largest absolute Gasteiger partial charge is 0.480 e. The number of nitrogens with two attached hydrogens (primary N) is 1. The molecule has 7 heteroatoms. The topological polar surface area (TPSA) is 63.3 Å². The Hall–Kier alpha value is -1.27. The van der Waals surface area contributed by atoms with E-state index in [0.717, 1.165) is 12.1 Å². The van der Waals surface area contributed by atoms with Gasteiger partial charge in [0.25, 0.3) is 0 Å². The van der Waals surface area contributed by atoms with Gasteiger partial charge >= 0.3 is 12.1 Å². The predicted molar refractivity (Wildman–Crippen MR) is 51.0 cm³/mol. The van der Waals surface area contributed by atoms with E-state index in [-0.39, 0.29) is 5.56 Å². The lowest BCUT2D eigenvalue weighted by atomic mass is 10.1. The third-order valence-electron chi connectivity index (χ3n) is 1.92. The minimum Gasteiger partial charge on any atom is -0.480 e. The van der Waals surface area contributed by atoms with Crippen molar-refractivity contribution in [3.63, 3.8) is 0 Å². The van der Waals surface area contributed by atoms with Crippen LogP contribution in [0.5, 0.6) is 0 Å². The van der Waals surface area contributed by atoms with Crippen molar-refractivity contribution >= 4 is 17.6 Å². The van der Waals surface area contributed by atoms with Gasteiger partial charge in [0, 0.05) is 0 Å². The van der Waals surface area contributed by atoms with Gasteiger partial charge in [-0.05, 0) is 17.7 Å². The lowest BCUT2D eigenvalue weighted by Gasteiger charge is -2.12. The van der Waals surface area contributed by atoms with E-state index in [0.29, 0.717) is 6.07 Å². The molecule has 0 aromatic heterocycles. The number of hydrogen-bond acceptors (Lipinski definition) is 2. The number of rotatable bonds is 2. The van der Waals surface area contributed by atoms with E-state index in [2.05, 4.69) is 0 Å². The summed E-state index contributed by atoms with van der Waals surface area (Å²) < 4.78 is 36.9. The first-order valence-corrected chi connectivity index (χ1v) is 4.46. The molecule has 0 fully saturated rings. The molecule has 0 amide bonds. The van der Waals surface area contributed by atoms with E-state index in [1.807, 2.05) is 0 Å². The van der Waals surface area contributed by atoms with E-state index < -0.39 is 28.8 Å². The number of halogens is 4. The van der Waals surface area contributed by atoms with Gasteiger partial charge in [-0.2, -0.15) is 13.2 Å². The SMILES string of the molecule is NC(C(=O)O)c1ccc(C(F)(F)F)c(Cl)c1. The zero-order chi connectivity index (χ0) is 12.5. The molecule has 88 valence electrons. The molecule has 3 N–H and O–H groups in total. The second kappa shape index (κ2) is 4.31. The number of carboxylic acid groups (broad SMARTS) is 1. The summed E-state index contributed by atoms with van der Waals surface area (Å²) in [5.41, 5.74) is 4.23. The third kappa shape index (κ3) is 2.65. The maximum absolute atomic E-state index is 12.3. The summed E-state index contributed by atoms with van der Waals surface area (Å²) in [5.74, 6) is -1.34. The quantitative estimate of drug-likeness (QED) is 0.851. The first kappa shape index (κ1) is 12.8. The molecule has 0 aliphatic rings. The van der Waals surface area contributed by atoms with Crippen LogP contribution in [0.2, 0.25) is 5.02 Å². The van der Waals surface area contributed by atoms with Crippen molar-refractivity contribution < 1.29 is 23.1 Å². The Balaban J connectivity index is 3.14. The van der Waals surface area contributed by atoms with Gasteiger partial charge in [-0.3, -0.25) is 4.79 Å². The van der Waals surface area contributed by atoms with Crippen LogP contribution in [0, 0.1) is 0 Å². The average Bonchev–Trinajstić information content (AvgIpc) is 2.14. The fourth-order valence-electron chi connectivity index (χ4n) is 1.10. The van der Waals surface area contributed by atoms with Crippen molar-refractivity contribution in [3.05, 3.63) is 34.3 Å². The van der Waals surface area contributed by atoms with E-state index in [1.165, 1.54) is 0 Å². The van der Waals surface area contributed by atoms with Crippen LogP contribution in [0.25, 0.3) is 0 Å². The Morgan fingerprint density at radius 1 is 1.44 bits per heavy atom. The average molecular weight is 254 g/mol. The van der Waals surface area contributed by atoms with Crippen molar-refractivity contribution in [2.24, 2.45) is 5.73 Å². The van der Waals surface area contributed by atoms with Gasteiger partial charge in [-0.25, -0.2) is 0 Å². The van der Waals surface area contributed by atoms with Crippen LogP contribution in [0.1, 0.15) is 17.2 Å². The highest BCUT2D eigenvalue weighted by atomic mass is 35.5. The first-order chi connectivity index (χ1) is 7.23. The van der Waals surface area contributed by atoms with Crippen LogP contribution in [0.15, 0.2) is 18.2 Å². The highest BCUT2D eigenvalue weighted by Gasteiger charge is 2.33. The minimum absolute atomic E-state index is 0.0190. The molecule has 0 heterocycles. The smallest absolute Gasteiger partial charge is 0.417 e. The Kier molecular flexibility index (Phi) is 3.44. The molecule has 0 aliphatic carbocycles. The number of alkyl halides is 3. The molecule has 1 rings (SSSR count). The Bertz CT molecular complexity index is 420. The summed E-state index contributed by atoms with van der Waals surface area (Å²) in [6.07, 6.45) is -4.57. The Labute approximate surface area is 93.6 Å². The van der Waals surface area contributed by atoms with Crippen molar-refractivity contribution in [2.75, 3.05) is 0 Å². The highest BCUT2D eigenvalue weighted by molar-refractivity contribution is 6.31. The molecular weight excluding hydrogens is 247 g/mol. The number of carbonyl (C=O) groups is 1. The molecule has 0 saturated heterocycles. The maximum atomic E-state index is 12.3. The van der Waals surface area contributed by atoms with Crippen molar-refractivity contribution in [1.82, 2.24) is 0 Å². The van der Waals surface area contributed by atoms with Crippen molar-refractivity contribution in [1.29, 1.82) is 0 Å². The number of benzene rings is 1. The van der Waals surface area contributed by atoms with Crippen molar-refractivity contribution in [2.45, 2.75) is 12.2 Å². The normalized spacial score (nSPS) is 13.6. The van der Waals surface area contributed by atoms with E-state index in [1.54, 1.807) is 0 Å². The molecule has 0 aliphatic heterocycles. The molecular formula is C9H7ClF3NO2. The fraction of sp³-hybridized carbons (Fsp3) is 0.222. The highest BCUT2D eigenvalue weighted by Crippen LogP contribution is 2.35. The Morgan fingerprint density at radius 2 is 2.00 bits per heavy atom. The van der Waals surface area contributed by atoms with Crippen LogP contribution >= 0.6 is 11.6 Å². The molecule has 1 aromatic rings. The Morgan fingerprint density at radius 3 is 2.38 bits per heavy atom. The maximum Gasteiger partial charge on any atom is 0.417 e. The van der Waals surface area contributed by atoms with Crippen LogP contribution in [-0.4, -0.2) is 11.1 Å². The van der Waals surface area contributed by atoms with Gasteiger partial charge in [0.05, 0.1) is 10.6 Å². The number of carboxylic acids is 1. The molecule has 0 radical (unpaired) electrons. The molecule has 1 atom stereocenters. The lowest BCUT2D eigenvalue weighted by molar-refractivity contribution is -0.138. The number of hydrogen-bond donors (Lipinski definition) is 2. The zero-order valence-corrected chi connectivity index (χ0v) is 8.51. The van der Waals surface area contributed by atoms with Crippen LogP contribution in [-0.2, 0) is 11.0 Å². The van der Waals surface area contributed by atoms with E-state index >= 15 is 0 Å². The van der Waals surface area contributed by atoms with E-state index in [9.17, 15) is 18.0 Å². The van der Waals surface area contributed by atoms with Crippen LogP contribution in [0.4, 0.5) is 13.2 Å². The predicted octanol–water partition coefficient (Wildman–Crippen LogP) is 2.44. The summed E-state index contributed by atoms with van der Waals surface area (Å²) in [7, 11) is 0. The van der Waals surface area contributed by atoms with Gasteiger partial charge in [0.2, 0.25) is 0 Å². The van der Waals surface area contributed by atoms with Gasteiger partial charge < -0.3 is 10.8 Å². The lowest BCUT2D eigenvalue weighted by Crippen LogP contribution is -2.20. The standard InChI is InChI=1S/C9H7ClF3NO2/c10-6-3-4(7(14)8(15)16)1-2-5(6)9(11,12)13/h1-3,7H,14H2,(H,15,16). The van der Waals surface area contributed by atoms with Gasteiger partial charge in [-0.15, -0.1) is 0 Å². The molecule has 1 aromatic carbocycles. The first-order valence-electron chi connectivity index (χ1n) is 4.08. The molecule has 0 saturated carbocycles. The van der Waals surface area contributed by atoms with Crippen LogP contribution < -0.4 is 5.73 Å². The monoisotopic (exact) mass is 253 g/mol. The summed E-state index contributed by atoms with van der Waals surface area (Å²) >= 11 is 5.39. The fourth-order valence-corrected chi connectivity index (χ4v) is 1.39. The zero-order valence-electron chi connectivity index (χ0n) is 7.75. The molecule has 3 nitrogen and oxygen atoms in total.